The van der Waals surface area contributed by atoms with Crippen LogP contribution in [0.2, 0.25) is 0 Å². The Bertz CT molecular complexity index is 680. The van der Waals surface area contributed by atoms with Crippen LogP contribution in [0.4, 0.5) is 10.1 Å². The van der Waals surface area contributed by atoms with E-state index in [4.69, 9.17) is 0 Å². The molecule has 1 saturated heterocycles. The van der Waals surface area contributed by atoms with Gasteiger partial charge in [0.15, 0.2) is 0 Å². The van der Waals surface area contributed by atoms with Crippen molar-refractivity contribution in [1.82, 2.24) is 10.6 Å². The summed E-state index contributed by atoms with van der Waals surface area (Å²) in [6.45, 7) is 8.39. The second kappa shape index (κ2) is 8.69. The third kappa shape index (κ3) is 5.92. The summed E-state index contributed by atoms with van der Waals surface area (Å²) in [6, 6.07) is 4.24. The normalized spacial score (nSPS) is 16.7. The van der Waals surface area contributed by atoms with Crippen LogP contribution in [-0.4, -0.2) is 42.2 Å². The molecule has 0 unspecified atom stereocenters. The number of aliphatic hydroxyl groups is 1. The number of nitrogens with zero attached hydrogens (tertiary/aromatic N) is 1. The monoisotopic (exact) mass is 379 g/mol. The fraction of sp³-hybridized carbons (Fsp3) is 0.600. The van der Waals surface area contributed by atoms with E-state index in [2.05, 4.69) is 10.6 Å². The van der Waals surface area contributed by atoms with Crippen molar-refractivity contribution in [3.63, 3.8) is 0 Å². The Morgan fingerprint density at radius 3 is 2.48 bits per heavy atom. The Balaban J connectivity index is 1.89. The highest BCUT2D eigenvalue weighted by Crippen LogP contribution is 2.24. The number of anilines is 1. The fourth-order valence-electron chi connectivity index (χ4n) is 2.84. The molecule has 1 heterocycles. The van der Waals surface area contributed by atoms with Gasteiger partial charge in [-0.15, -0.1) is 0 Å². The molecular weight excluding hydrogens is 349 g/mol. The summed E-state index contributed by atoms with van der Waals surface area (Å²) >= 11 is 0. The smallest absolute Gasteiger partial charge is 0.242 e. The standard InChI is InChI=1S/C20H30FN3O3/c1-13(23-19(27)20(2,3)4)18(26)22-12-14-5-6-17(16(21)11-14)24-9-7-15(25)8-10-24/h5-6,11,13,15,25H,7-10,12H2,1-4H3,(H,22,26)(H,23,27)/t13-/m1/s1. The predicted octanol–water partition coefficient (Wildman–Crippen LogP) is 1.95. The van der Waals surface area contributed by atoms with E-state index in [1.165, 1.54) is 6.07 Å². The van der Waals surface area contributed by atoms with Crippen molar-refractivity contribution in [2.75, 3.05) is 18.0 Å². The van der Waals surface area contributed by atoms with Crippen molar-refractivity contribution in [2.24, 2.45) is 5.41 Å². The number of halogens is 1. The topological polar surface area (TPSA) is 81.7 Å². The van der Waals surface area contributed by atoms with Gasteiger partial charge in [0.05, 0.1) is 11.8 Å². The summed E-state index contributed by atoms with van der Waals surface area (Å²) in [5, 5.41) is 15.0. The molecule has 0 radical (unpaired) electrons. The summed E-state index contributed by atoms with van der Waals surface area (Å²) in [6.07, 6.45) is 0.963. The number of piperidine rings is 1. The third-order valence-corrected chi connectivity index (χ3v) is 4.71. The van der Waals surface area contributed by atoms with Gasteiger partial charge in [-0.2, -0.15) is 0 Å². The number of aliphatic hydroxyl groups excluding tert-OH is 1. The van der Waals surface area contributed by atoms with Crippen LogP contribution < -0.4 is 15.5 Å². The zero-order chi connectivity index (χ0) is 20.2. The molecule has 1 aromatic carbocycles. The van der Waals surface area contributed by atoms with Gasteiger partial charge in [-0.1, -0.05) is 26.8 Å². The molecular formula is C20H30FN3O3. The van der Waals surface area contributed by atoms with Gasteiger partial charge in [0, 0.05) is 25.0 Å². The highest BCUT2D eigenvalue weighted by Gasteiger charge is 2.25. The van der Waals surface area contributed by atoms with Crippen molar-refractivity contribution in [3.8, 4) is 0 Å². The minimum atomic E-state index is -0.666. The van der Waals surface area contributed by atoms with Crippen molar-refractivity contribution in [3.05, 3.63) is 29.6 Å². The molecule has 0 spiro atoms. The van der Waals surface area contributed by atoms with E-state index in [-0.39, 0.29) is 30.3 Å². The maximum Gasteiger partial charge on any atom is 0.242 e. The van der Waals surface area contributed by atoms with Crippen LogP contribution in [-0.2, 0) is 16.1 Å². The van der Waals surface area contributed by atoms with Gasteiger partial charge in [-0.05, 0) is 37.5 Å². The maximum atomic E-state index is 14.4. The number of hydrogen-bond acceptors (Lipinski definition) is 4. The van der Waals surface area contributed by atoms with Gasteiger partial charge in [0.2, 0.25) is 11.8 Å². The van der Waals surface area contributed by atoms with Crippen LogP contribution in [0.5, 0.6) is 0 Å². The Labute approximate surface area is 160 Å². The largest absolute Gasteiger partial charge is 0.393 e. The molecule has 0 aromatic heterocycles. The van der Waals surface area contributed by atoms with E-state index in [9.17, 15) is 19.1 Å². The number of carbonyl (C=O) groups excluding carboxylic acids is 2. The van der Waals surface area contributed by atoms with Crippen LogP contribution in [0.3, 0.4) is 0 Å². The van der Waals surface area contributed by atoms with E-state index < -0.39 is 11.5 Å². The minimum absolute atomic E-state index is 0.185. The molecule has 0 bridgehead atoms. The first-order chi connectivity index (χ1) is 12.6. The molecule has 1 aromatic rings. The first-order valence-electron chi connectivity index (χ1n) is 9.38. The lowest BCUT2D eigenvalue weighted by Crippen LogP contribution is -2.48. The second-order valence-corrected chi connectivity index (χ2v) is 8.17. The molecule has 150 valence electrons. The molecule has 3 N–H and O–H groups in total. The van der Waals surface area contributed by atoms with Gasteiger partial charge in [0.25, 0.3) is 0 Å². The molecule has 0 saturated carbocycles. The van der Waals surface area contributed by atoms with Gasteiger partial charge in [-0.3, -0.25) is 9.59 Å². The predicted molar refractivity (Wildman–Crippen MR) is 103 cm³/mol. The lowest BCUT2D eigenvalue weighted by Gasteiger charge is -2.31. The zero-order valence-electron chi connectivity index (χ0n) is 16.5. The number of nitrogens with one attached hydrogen (secondary N) is 2. The second-order valence-electron chi connectivity index (χ2n) is 8.17. The molecule has 1 fully saturated rings. The van der Waals surface area contributed by atoms with Crippen molar-refractivity contribution in [2.45, 2.75) is 59.2 Å². The van der Waals surface area contributed by atoms with E-state index in [0.29, 0.717) is 37.2 Å². The van der Waals surface area contributed by atoms with E-state index in [1.807, 2.05) is 4.90 Å². The average Bonchev–Trinajstić information content (AvgIpc) is 2.59. The quantitative estimate of drug-likeness (QED) is 0.730. The Morgan fingerprint density at radius 2 is 1.93 bits per heavy atom. The van der Waals surface area contributed by atoms with Crippen LogP contribution in [0.25, 0.3) is 0 Å². The first kappa shape index (κ1) is 21.2. The molecule has 27 heavy (non-hydrogen) atoms. The highest BCUT2D eigenvalue weighted by molar-refractivity contribution is 5.89. The number of benzene rings is 1. The van der Waals surface area contributed by atoms with Crippen LogP contribution >= 0.6 is 0 Å². The fourth-order valence-corrected chi connectivity index (χ4v) is 2.84. The maximum absolute atomic E-state index is 14.4. The molecule has 2 rings (SSSR count). The van der Waals surface area contributed by atoms with Crippen LogP contribution in [0, 0.1) is 11.2 Å². The van der Waals surface area contributed by atoms with Gasteiger partial charge >= 0.3 is 0 Å². The van der Waals surface area contributed by atoms with Crippen LogP contribution in [0.1, 0.15) is 46.1 Å². The summed E-state index contributed by atoms with van der Waals surface area (Å²) in [5.74, 6) is -0.860. The number of carbonyl (C=O) groups is 2. The zero-order valence-corrected chi connectivity index (χ0v) is 16.5. The molecule has 2 amide bonds. The highest BCUT2D eigenvalue weighted by atomic mass is 19.1. The lowest BCUT2D eigenvalue weighted by atomic mass is 9.95. The SMILES string of the molecule is C[C@@H](NC(=O)C(C)(C)C)C(=O)NCc1ccc(N2CCC(O)CC2)c(F)c1. The number of amides is 2. The third-order valence-electron chi connectivity index (χ3n) is 4.71. The van der Waals surface area contributed by atoms with Crippen molar-refractivity contribution >= 4 is 17.5 Å². The van der Waals surface area contributed by atoms with E-state index >= 15 is 0 Å². The summed E-state index contributed by atoms with van der Waals surface area (Å²) in [5.41, 5.74) is 0.594. The molecule has 1 aliphatic rings. The molecule has 1 aliphatic heterocycles. The lowest BCUT2D eigenvalue weighted by molar-refractivity contribution is -0.133. The molecule has 1 atom stereocenters. The molecule has 0 aliphatic carbocycles. The van der Waals surface area contributed by atoms with Crippen molar-refractivity contribution < 1.29 is 19.1 Å². The molecule has 7 heteroatoms. The number of hydrogen-bond donors (Lipinski definition) is 3. The van der Waals surface area contributed by atoms with Gasteiger partial charge in [0.1, 0.15) is 11.9 Å². The summed E-state index contributed by atoms with van der Waals surface area (Å²) < 4.78 is 14.4. The summed E-state index contributed by atoms with van der Waals surface area (Å²) in [7, 11) is 0. The van der Waals surface area contributed by atoms with Crippen molar-refractivity contribution in [1.29, 1.82) is 0 Å². The average molecular weight is 379 g/mol. The van der Waals surface area contributed by atoms with E-state index in [1.54, 1.807) is 39.8 Å². The number of rotatable bonds is 5. The molecule has 6 nitrogen and oxygen atoms in total. The van der Waals surface area contributed by atoms with E-state index in [0.717, 1.165) is 0 Å². The Hall–Kier alpha value is -2.15. The Kier molecular flexibility index (Phi) is 6.81. The Morgan fingerprint density at radius 1 is 1.30 bits per heavy atom. The summed E-state index contributed by atoms with van der Waals surface area (Å²) in [4.78, 5) is 26.0. The van der Waals surface area contributed by atoms with Gasteiger partial charge in [-0.25, -0.2) is 4.39 Å². The first-order valence-corrected chi connectivity index (χ1v) is 9.38. The van der Waals surface area contributed by atoms with Crippen LogP contribution in [0.15, 0.2) is 18.2 Å². The van der Waals surface area contributed by atoms with Gasteiger partial charge < -0.3 is 20.6 Å². The minimum Gasteiger partial charge on any atom is -0.393 e.